The number of carbonyl (C=O) groups excluding carboxylic acids is 1. The molecule has 0 saturated heterocycles. The number of hydrogen-bond acceptors (Lipinski definition) is 4. The average molecular weight is 380 g/mol. The van der Waals surface area contributed by atoms with Crippen molar-refractivity contribution in [3.05, 3.63) is 65.0 Å². The van der Waals surface area contributed by atoms with Crippen molar-refractivity contribution in [2.75, 3.05) is 0 Å². The summed E-state index contributed by atoms with van der Waals surface area (Å²) in [6.07, 6.45) is 0.0520. The zero-order chi connectivity index (χ0) is 20.3. The summed E-state index contributed by atoms with van der Waals surface area (Å²) in [7, 11) is 0. The third kappa shape index (κ3) is 4.39. The molecule has 2 N–H and O–H groups in total. The van der Waals surface area contributed by atoms with Crippen LogP contribution in [0.25, 0.3) is 10.8 Å². The number of fused-ring (bicyclic) bond motifs is 1. The number of rotatable bonds is 7. The van der Waals surface area contributed by atoms with Crippen molar-refractivity contribution in [2.45, 2.75) is 45.6 Å². The second kappa shape index (κ2) is 8.25. The van der Waals surface area contributed by atoms with Crippen LogP contribution in [0.1, 0.15) is 54.3 Å². The van der Waals surface area contributed by atoms with Crippen molar-refractivity contribution in [3.8, 4) is 0 Å². The third-order valence-electron chi connectivity index (χ3n) is 4.96. The molecule has 28 heavy (non-hydrogen) atoms. The van der Waals surface area contributed by atoms with E-state index in [-0.39, 0.29) is 24.7 Å². The molecule has 2 atom stereocenters. The Bertz CT molecular complexity index is 989. The van der Waals surface area contributed by atoms with Crippen LogP contribution < -0.4 is 5.32 Å². The molecule has 0 bridgehead atoms. The number of amides is 1. The molecule has 0 spiro atoms. The van der Waals surface area contributed by atoms with Gasteiger partial charge in [0.2, 0.25) is 5.91 Å². The predicted molar refractivity (Wildman–Crippen MR) is 106 cm³/mol. The lowest BCUT2D eigenvalue weighted by Gasteiger charge is -2.19. The van der Waals surface area contributed by atoms with Gasteiger partial charge >= 0.3 is 5.97 Å². The van der Waals surface area contributed by atoms with Crippen LogP contribution in [-0.2, 0) is 9.59 Å². The summed E-state index contributed by atoms with van der Waals surface area (Å²) in [6.45, 7) is 5.61. The second-order valence-electron chi connectivity index (χ2n) is 7.17. The number of aliphatic carboxylic acids is 1. The van der Waals surface area contributed by atoms with Crippen LogP contribution >= 0.6 is 0 Å². The molecule has 2 aromatic carbocycles. The maximum atomic E-state index is 12.6. The van der Waals surface area contributed by atoms with Crippen molar-refractivity contribution in [1.82, 2.24) is 10.5 Å². The van der Waals surface area contributed by atoms with Crippen LogP contribution in [0.5, 0.6) is 0 Å². The summed E-state index contributed by atoms with van der Waals surface area (Å²) in [5.74, 6) is -0.535. The maximum absolute atomic E-state index is 12.6. The molecule has 1 aromatic heterocycles. The van der Waals surface area contributed by atoms with E-state index in [4.69, 9.17) is 4.52 Å². The first-order valence-electron chi connectivity index (χ1n) is 9.27. The fourth-order valence-electron chi connectivity index (χ4n) is 3.68. The summed E-state index contributed by atoms with van der Waals surface area (Å²) in [6, 6.07) is 13.0. The number of nitrogens with zero attached hydrogens (tertiary/aromatic N) is 1. The number of carboxylic acid groups (broad SMARTS) is 1. The highest BCUT2D eigenvalue weighted by atomic mass is 16.5. The zero-order valence-electron chi connectivity index (χ0n) is 16.2. The Balaban J connectivity index is 1.78. The molecular weight excluding hydrogens is 356 g/mol. The Labute approximate surface area is 163 Å². The number of hydrogen-bond donors (Lipinski definition) is 2. The van der Waals surface area contributed by atoms with Crippen LogP contribution in [0.2, 0.25) is 0 Å². The summed E-state index contributed by atoms with van der Waals surface area (Å²) in [5, 5.41) is 18.2. The molecule has 1 amide bonds. The first-order chi connectivity index (χ1) is 13.3. The summed E-state index contributed by atoms with van der Waals surface area (Å²) < 4.78 is 5.18. The SMILES string of the molecule is Cc1noc(C)c1C(C)CC(=O)N[C@@H](CC(=O)O)c1ccc2ccccc2c1. The molecule has 0 fully saturated rings. The van der Waals surface area contributed by atoms with Crippen LogP contribution in [0.4, 0.5) is 0 Å². The Kier molecular flexibility index (Phi) is 5.78. The van der Waals surface area contributed by atoms with E-state index in [9.17, 15) is 14.7 Å². The van der Waals surface area contributed by atoms with Gasteiger partial charge < -0.3 is 14.9 Å². The lowest BCUT2D eigenvalue weighted by molar-refractivity contribution is -0.137. The minimum atomic E-state index is -0.961. The monoisotopic (exact) mass is 380 g/mol. The highest BCUT2D eigenvalue weighted by molar-refractivity contribution is 5.84. The fraction of sp³-hybridized carbons (Fsp3) is 0.318. The van der Waals surface area contributed by atoms with E-state index in [0.717, 1.165) is 27.6 Å². The first kappa shape index (κ1) is 19.6. The lowest BCUT2D eigenvalue weighted by Crippen LogP contribution is -2.31. The minimum absolute atomic E-state index is 0.0756. The van der Waals surface area contributed by atoms with Crippen LogP contribution in [-0.4, -0.2) is 22.1 Å². The topological polar surface area (TPSA) is 92.4 Å². The number of carbonyl (C=O) groups is 2. The lowest BCUT2D eigenvalue weighted by atomic mass is 9.95. The fourth-order valence-corrected chi connectivity index (χ4v) is 3.68. The van der Waals surface area contributed by atoms with Crippen LogP contribution in [0.3, 0.4) is 0 Å². The van der Waals surface area contributed by atoms with E-state index < -0.39 is 12.0 Å². The number of carboxylic acids is 1. The Morgan fingerprint density at radius 1 is 1.11 bits per heavy atom. The van der Waals surface area contributed by atoms with E-state index in [1.54, 1.807) is 0 Å². The van der Waals surface area contributed by atoms with Gasteiger partial charge in [-0.25, -0.2) is 0 Å². The summed E-state index contributed by atoms with van der Waals surface area (Å²) in [4.78, 5) is 24.0. The molecule has 0 radical (unpaired) electrons. The van der Waals surface area contributed by atoms with Gasteiger partial charge in [-0.2, -0.15) is 0 Å². The number of benzene rings is 2. The molecule has 146 valence electrons. The van der Waals surface area contributed by atoms with Gasteiger partial charge in [-0.1, -0.05) is 48.5 Å². The molecule has 6 nitrogen and oxygen atoms in total. The smallest absolute Gasteiger partial charge is 0.305 e. The number of aryl methyl sites for hydroxylation is 2. The molecule has 0 aliphatic heterocycles. The third-order valence-corrected chi connectivity index (χ3v) is 4.96. The molecular formula is C22H24N2O4. The predicted octanol–water partition coefficient (Wildman–Crippen LogP) is 4.27. The van der Waals surface area contributed by atoms with E-state index in [0.29, 0.717) is 5.76 Å². The van der Waals surface area contributed by atoms with Gasteiger partial charge in [0.1, 0.15) is 5.76 Å². The van der Waals surface area contributed by atoms with Gasteiger partial charge in [0.15, 0.2) is 0 Å². The van der Waals surface area contributed by atoms with Crippen LogP contribution in [0.15, 0.2) is 47.0 Å². The summed E-state index contributed by atoms with van der Waals surface area (Å²) in [5.41, 5.74) is 2.48. The highest BCUT2D eigenvalue weighted by Crippen LogP contribution is 2.27. The van der Waals surface area contributed by atoms with Crippen molar-refractivity contribution < 1.29 is 19.2 Å². The Morgan fingerprint density at radius 3 is 2.46 bits per heavy atom. The molecule has 3 aromatic rings. The van der Waals surface area contributed by atoms with E-state index >= 15 is 0 Å². The van der Waals surface area contributed by atoms with E-state index in [1.165, 1.54) is 0 Å². The van der Waals surface area contributed by atoms with Gasteiger partial charge in [0.25, 0.3) is 0 Å². The van der Waals surface area contributed by atoms with Gasteiger partial charge in [0.05, 0.1) is 18.2 Å². The largest absolute Gasteiger partial charge is 0.481 e. The molecule has 1 heterocycles. The van der Waals surface area contributed by atoms with E-state index in [2.05, 4.69) is 10.5 Å². The number of aromatic nitrogens is 1. The molecule has 6 heteroatoms. The van der Waals surface area contributed by atoms with E-state index in [1.807, 2.05) is 63.2 Å². The maximum Gasteiger partial charge on any atom is 0.305 e. The molecule has 0 aliphatic rings. The standard InChI is InChI=1S/C22H24N2O4/c1-13(22-14(2)24-28-15(22)3)10-20(25)23-19(12-21(26)27)18-9-8-16-6-4-5-7-17(16)11-18/h4-9,11,13,19H,10,12H2,1-3H3,(H,23,25)(H,26,27)/t13?,19-/m0/s1. The Hall–Kier alpha value is -3.15. The Morgan fingerprint density at radius 2 is 1.82 bits per heavy atom. The van der Waals surface area contributed by atoms with Gasteiger partial charge in [-0.3, -0.25) is 9.59 Å². The van der Waals surface area contributed by atoms with Crippen LogP contribution in [0, 0.1) is 13.8 Å². The molecule has 1 unspecified atom stereocenters. The average Bonchev–Trinajstić information content (AvgIpc) is 2.98. The second-order valence-corrected chi connectivity index (χ2v) is 7.17. The summed E-state index contributed by atoms with van der Waals surface area (Å²) >= 11 is 0. The normalized spacial score (nSPS) is 13.2. The van der Waals surface area contributed by atoms with Crippen molar-refractivity contribution in [1.29, 1.82) is 0 Å². The van der Waals surface area contributed by atoms with Gasteiger partial charge in [-0.05, 0) is 42.2 Å². The first-order valence-corrected chi connectivity index (χ1v) is 9.27. The quantitative estimate of drug-likeness (QED) is 0.638. The zero-order valence-corrected chi connectivity index (χ0v) is 16.2. The molecule has 0 saturated carbocycles. The van der Waals surface area contributed by atoms with Crippen molar-refractivity contribution >= 4 is 22.6 Å². The minimum Gasteiger partial charge on any atom is -0.481 e. The molecule has 0 aliphatic carbocycles. The van der Waals surface area contributed by atoms with Crippen molar-refractivity contribution in [2.24, 2.45) is 0 Å². The van der Waals surface area contributed by atoms with Crippen molar-refractivity contribution in [3.63, 3.8) is 0 Å². The van der Waals surface area contributed by atoms with Gasteiger partial charge in [0, 0.05) is 12.0 Å². The molecule has 3 rings (SSSR count). The highest BCUT2D eigenvalue weighted by Gasteiger charge is 2.23. The number of nitrogens with one attached hydrogen (secondary N) is 1. The van der Waals surface area contributed by atoms with Gasteiger partial charge in [-0.15, -0.1) is 0 Å².